The summed E-state index contributed by atoms with van der Waals surface area (Å²) in [5.41, 5.74) is 8.29. The molecule has 2 rings (SSSR count). The van der Waals surface area contributed by atoms with E-state index in [0.717, 1.165) is 23.5 Å². The monoisotopic (exact) mass is 299 g/mol. The van der Waals surface area contributed by atoms with E-state index in [1.54, 1.807) is 7.11 Å². The van der Waals surface area contributed by atoms with E-state index in [1.165, 1.54) is 5.56 Å². The van der Waals surface area contributed by atoms with E-state index < -0.39 is 0 Å². The minimum Gasteiger partial charge on any atom is -0.496 e. The van der Waals surface area contributed by atoms with Crippen molar-refractivity contribution in [3.63, 3.8) is 0 Å². The predicted molar refractivity (Wildman–Crippen MR) is 90.7 cm³/mol. The highest BCUT2D eigenvalue weighted by atomic mass is 16.5. The van der Waals surface area contributed by atoms with Crippen LogP contribution in [-0.4, -0.2) is 20.3 Å². The molecule has 2 aromatic carbocycles. The smallest absolute Gasteiger partial charge is 0.122 e. The molecular weight excluding hydrogens is 274 g/mol. The van der Waals surface area contributed by atoms with Gasteiger partial charge in [0.05, 0.1) is 13.7 Å². The van der Waals surface area contributed by atoms with E-state index in [1.807, 2.05) is 37.3 Å². The van der Waals surface area contributed by atoms with Gasteiger partial charge in [-0.3, -0.25) is 0 Å². The van der Waals surface area contributed by atoms with Crippen molar-refractivity contribution in [1.82, 2.24) is 0 Å². The van der Waals surface area contributed by atoms with Gasteiger partial charge in [-0.15, -0.1) is 0 Å². The number of hydrogen-bond donors (Lipinski definition) is 1. The van der Waals surface area contributed by atoms with Crippen molar-refractivity contribution in [2.75, 3.05) is 20.3 Å². The van der Waals surface area contributed by atoms with Crippen molar-refractivity contribution >= 4 is 0 Å². The molecule has 1 unspecified atom stereocenters. The molecule has 0 heterocycles. The Labute approximate surface area is 133 Å². The molecule has 22 heavy (non-hydrogen) atoms. The molecule has 0 aliphatic rings. The van der Waals surface area contributed by atoms with Crippen molar-refractivity contribution in [3.05, 3.63) is 59.7 Å². The molecule has 1 atom stereocenters. The third-order valence-electron chi connectivity index (χ3n) is 4.01. The first-order valence-electron chi connectivity index (χ1n) is 7.68. The minimum atomic E-state index is -0.183. The van der Waals surface area contributed by atoms with Crippen LogP contribution in [0.5, 0.6) is 11.5 Å². The highest BCUT2D eigenvalue weighted by Crippen LogP contribution is 2.34. The zero-order valence-electron chi connectivity index (χ0n) is 13.6. The Hall–Kier alpha value is -2.00. The molecule has 2 aromatic rings. The van der Waals surface area contributed by atoms with Crippen LogP contribution < -0.4 is 15.2 Å². The first-order valence-corrected chi connectivity index (χ1v) is 7.68. The number of rotatable bonds is 7. The predicted octanol–water partition coefficient (Wildman–Crippen LogP) is 3.55. The van der Waals surface area contributed by atoms with Crippen LogP contribution in [0.1, 0.15) is 25.0 Å². The van der Waals surface area contributed by atoms with Crippen LogP contribution in [0.2, 0.25) is 0 Å². The lowest BCUT2D eigenvalue weighted by molar-refractivity contribution is 0.339. The molecule has 0 spiro atoms. The Morgan fingerprint density at radius 3 is 2.55 bits per heavy atom. The summed E-state index contributed by atoms with van der Waals surface area (Å²) in [6.07, 6.45) is 0.838. The summed E-state index contributed by atoms with van der Waals surface area (Å²) in [6, 6.07) is 16.3. The Morgan fingerprint density at radius 1 is 1.09 bits per heavy atom. The summed E-state index contributed by atoms with van der Waals surface area (Å²) in [4.78, 5) is 0. The molecule has 3 nitrogen and oxygen atoms in total. The maximum absolute atomic E-state index is 6.12. The third-order valence-corrected chi connectivity index (χ3v) is 4.01. The van der Waals surface area contributed by atoms with Crippen molar-refractivity contribution in [1.29, 1.82) is 0 Å². The van der Waals surface area contributed by atoms with Crippen LogP contribution in [0, 0.1) is 0 Å². The SMILES string of the molecule is CCOc1cccc(CC(C)(CN)c2ccccc2OC)c1. The molecule has 0 aliphatic carbocycles. The van der Waals surface area contributed by atoms with Crippen molar-refractivity contribution in [3.8, 4) is 11.5 Å². The average Bonchev–Trinajstić information content (AvgIpc) is 2.55. The zero-order chi connectivity index (χ0) is 16.0. The van der Waals surface area contributed by atoms with Crippen LogP contribution in [-0.2, 0) is 11.8 Å². The van der Waals surface area contributed by atoms with Crippen LogP contribution in [0.4, 0.5) is 0 Å². The summed E-state index contributed by atoms with van der Waals surface area (Å²) in [7, 11) is 1.70. The average molecular weight is 299 g/mol. The molecule has 3 heteroatoms. The summed E-state index contributed by atoms with van der Waals surface area (Å²) < 4.78 is 11.1. The molecule has 0 fully saturated rings. The van der Waals surface area contributed by atoms with Gasteiger partial charge < -0.3 is 15.2 Å². The number of methoxy groups -OCH3 is 1. The lowest BCUT2D eigenvalue weighted by Crippen LogP contribution is -2.34. The molecule has 2 N–H and O–H groups in total. The second kappa shape index (κ2) is 7.32. The molecule has 0 radical (unpaired) electrons. The maximum atomic E-state index is 6.12. The van der Waals surface area contributed by atoms with Crippen LogP contribution in [0.3, 0.4) is 0 Å². The second-order valence-electron chi connectivity index (χ2n) is 5.72. The molecule has 0 saturated heterocycles. The van der Waals surface area contributed by atoms with Gasteiger partial charge in [0, 0.05) is 17.5 Å². The van der Waals surface area contributed by atoms with Crippen molar-refractivity contribution in [2.45, 2.75) is 25.7 Å². The summed E-state index contributed by atoms with van der Waals surface area (Å²) in [6.45, 7) is 5.39. The van der Waals surface area contributed by atoms with E-state index >= 15 is 0 Å². The molecule has 0 bridgehead atoms. The topological polar surface area (TPSA) is 44.5 Å². The molecule has 118 valence electrons. The Morgan fingerprint density at radius 2 is 1.86 bits per heavy atom. The summed E-state index contributed by atoms with van der Waals surface area (Å²) in [5, 5.41) is 0. The van der Waals surface area contributed by atoms with E-state index in [4.69, 9.17) is 15.2 Å². The van der Waals surface area contributed by atoms with Gasteiger partial charge in [0.2, 0.25) is 0 Å². The second-order valence-corrected chi connectivity index (χ2v) is 5.72. The van der Waals surface area contributed by atoms with E-state index in [-0.39, 0.29) is 5.41 Å². The molecule has 0 aromatic heterocycles. The van der Waals surface area contributed by atoms with Gasteiger partial charge in [-0.1, -0.05) is 37.3 Å². The highest BCUT2D eigenvalue weighted by Gasteiger charge is 2.28. The first kappa shape index (κ1) is 16.4. The van der Waals surface area contributed by atoms with Gasteiger partial charge in [0.1, 0.15) is 11.5 Å². The lowest BCUT2D eigenvalue weighted by atomic mass is 9.77. The van der Waals surface area contributed by atoms with E-state index in [9.17, 15) is 0 Å². The van der Waals surface area contributed by atoms with Gasteiger partial charge in [0.25, 0.3) is 0 Å². The fraction of sp³-hybridized carbons (Fsp3) is 0.368. The van der Waals surface area contributed by atoms with Gasteiger partial charge in [0.15, 0.2) is 0 Å². The lowest BCUT2D eigenvalue weighted by Gasteiger charge is -2.30. The maximum Gasteiger partial charge on any atom is 0.122 e. The highest BCUT2D eigenvalue weighted by molar-refractivity contribution is 5.41. The zero-order valence-corrected chi connectivity index (χ0v) is 13.6. The Balaban J connectivity index is 2.32. The van der Waals surface area contributed by atoms with E-state index in [2.05, 4.69) is 25.1 Å². The van der Waals surface area contributed by atoms with Gasteiger partial charge in [-0.25, -0.2) is 0 Å². The van der Waals surface area contributed by atoms with Gasteiger partial charge in [-0.2, -0.15) is 0 Å². The standard InChI is InChI=1S/C19H25NO2/c1-4-22-16-9-7-8-15(12-16)13-19(2,14-20)17-10-5-6-11-18(17)21-3/h5-12H,4,13-14,20H2,1-3H3. The van der Waals surface area contributed by atoms with Crippen molar-refractivity contribution < 1.29 is 9.47 Å². The minimum absolute atomic E-state index is 0.183. The Bertz CT molecular complexity index is 612. The quantitative estimate of drug-likeness (QED) is 0.850. The molecule has 0 amide bonds. The summed E-state index contributed by atoms with van der Waals surface area (Å²) in [5.74, 6) is 1.79. The van der Waals surface area contributed by atoms with Crippen LogP contribution in [0.25, 0.3) is 0 Å². The fourth-order valence-electron chi connectivity index (χ4n) is 2.78. The fourth-order valence-corrected chi connectivity index (χ4v) is 2.78. The first-order chi connectivity index (χ1) is 10.6. The molecule has 0 aliphatic heterocycles. The van der Waals surface area contributed by atoms with Gasteiger partial charge >= 0.3 is 0 Å². The number of para-hydroxylation sites is 1. The number of nitrogens with two attached hydrogens (primary N) is 1. The van der Waals surface area contributed by atoms with Gasteiger partial charge in [-0.05, 0) is 37.1 Å². The van der Waals surface area contributed by atoms with Crippen molar-refractivity contribution in [2.24, 2.45) is 5.73 Å². The number of hydrogen-bond acceptors (Lipinski definition) is 3. The Kier molecular flexibility index (Phi) is 5.45. The molecular formula is C19H25NO2. The summed E-state index contributed by atoms with van der Waals surface area (Å²) >= 11 is 0. The largest absolute Gasteiger partial charge is 0.496 e. The van der Waals surface area contributed by atoms with Crippen LogP contribution >= 0.6 is 0 Å². The number of benzene rings is 2. The third kappa shape index (κ3) is 3.60. The van der Waals surface area contributed by atoms with Crippen LogP contribution in [0.15, 0.2) is 48.5 Å². The normalized spacial score (nSPS) is 13.5. The number of ether oxygens (including phenoxy) is 2. The van der Waals surface area contributed by atoms with E-state index in [0.29, 0.717) is 13.2 Å². The molecule has 0 saturated carbocycles.